The summed E-state index contributed by atoms with van der Waals surface area (Å²) in [5.41, 5.74) is 0.212. The number of carbonyl (C=O) groups excluding carboxylic acids is 2. The van der Waals surface area contributed by atoms with E-state index in [1.54, 1.807) is 19.9 Å². The molecule has 1 fully saturated rings. The molecule has 2 aliphatic carbocycles. The molecule has 0 aromatic carbocycles. The third kappa shape index (κ3) is 1.43. The fraction of sp³-hybridized carbons (Fsp3) is 0.600. The number of carbonyl (C=O) groups is 2. The molecule has 0 aromatic heterocycles. The summed E-state index contributed by atoms with van der Waals surface area (Å²) in [5, 5.41) is 10.7. The quantitative estimate of drug-likeness (QED) is 0.670. The summed E-state index contributed by atoms with van der Waals surface area (Å²) in [6, 6.07) is 0. The highest BCUT2D eigenvalue weighted by Crippen LogP contribution is 2.51. The summed E-state index contributed by atoms with van der Waals surface area (Å²) in [7, 11) is 0. The first-order valence-electron chi connectivity index (χ1n) is 6.69. The van der Waals surface area contributed by atoms with Crippen LogP contribution < -0.4 is 0 Å². The summed E-state index contributed by atoms with van der Waals surface area (Å²) in [6.45, 7) is 5.51. The molecule has 3 aliphatic rings. The van der Waals surface area contributed by atoms with Crippen molar-refractivity contribution < 1.29 is 19.4 Å². The molecule has 0 spiro atoms. The molecule has 19 heavy (non-hydrogen) atoms. The van der Waals surface area contributed by atoms with Crippen LogP contribution in [0.3, 0.4) is 0 Å². The maximum Gasteiger partial charge on any atom is 0.334 e. The van der Waals surface area contributed by atoms with Crippen molar-refractivity contribution in [2.24, 2.45) is 17.3 Å². The first-order chi connectivity index (χ1) is 8.87. The van der Waals surface area contributed by atoms with Gasteiger partial charge in [-0.05, 0) is 38.2 Å². The molecule has 0 bridgehead atoms. The summed E-state index contributed by atoms with van der Waals surface area (Å²) in [5.74, 6) is -0.244. The van der Waals surface area contributed by atoms with E-state index in [4.69, 9.17) is 4.74 Å². The number of ether oxygens (including phenoxy) is 1. The van der Waals surface area contributed by atoms with E-state index >= 15 is 0 Å². The second-order valence-corrected chi connectivity index (χ2v) is 6.12. The first kappa shape index (κ1) is 12.6. The molecule has 1 N–H and O–H groups in total. The maximum atomic E-state index is 12.2. The van der Waals surface area contributed by atoms with Crippen LogP contribution in [0.15, 0.2) is 23.3 Å². The molecule has 4 heteroatoms. The highest BCUT2D eigenvalue weighted by atomic mass is 16.5. The van der Waals surface area contributed by atoms with Crippen LogP contribution >= 0.6 is 0 Å². The highest BCUT2D eigenvalue weighted by molar-refractivity contribution is 5.99. The van der Waals surface area contributed by atoms with Crippen molar-refractivity contribution in [3.8, 4) is 0 Å². The second kappa shape index (κ2) is 3.79. The number of hydrogen-bond acceptors (Lipinski definition) is 4. The fourth-order valence-corrected chi connectivity index (χ4v) is 3.84. The van der Waals surface area contributed by atoms with Gasteiger partial charge in [0.15, 0.2) is 5.78 Å². The number of rotatable bonds is 0. The Morgan fingerprint density at radius 1 is 1.42 bits per heavy atom. The molecule has 1 heterocycles. The van der Waals surface area contributed by atoms with E-state index in [0.29, 0.717) is 17.6 Å². The van der Waals surface area contributed by atoms with Crippen LogP contribution in [0.4, 0.5) is 0 Å². The predicted octanol–water partition coefficient (Wildman–Crippen LogP) is 1.39. The van der Waals surface area contributed by atoms with Crippen LogP contribution in [0.25, 0.3) is 0 Å². The molecular weight excluding hydrogens is 244 g/mol. The van der Waals surface area contributed by atoms with Crippen molar-refractivity contribution in [3.05, 3.63) is 23.3 Å². The molecule has 0 radical (unpaired) electrons. The summed E-state index contributed by atoms with van der Waals surface area (Å²) in [6.07, 6.45) is 2.81. The van der Waals surface area contributed by atoms with Crippen molar-refractivity contribution in [1.82, 2.24) is 0 Å². The van der Waals surface area contributed by atoms with Crippen molar-refractivity contribution in [2.45, 2.75) is 39.4 Å². The van der Waals surface area contributed by atoms with Gasteiger partial charge in [-0.15, -0.1) is 0 Å². The van der Waals surface area contributed by atoms with Gasteiger partial charge in [0.2, 0.25) is 0 Å². The van der Waals surface area contributed by atoms with Crippen LogP contribution in [-0.2, 0) is 14.3 Å². The largest absolute Gasteiger partial charge is 0.454 e. The Kier molecular flexibility index (Phi) is 2.52. The molecule has 102 valence electrons. The Labute approximate surface area is 112 Å². The standard InChI is InChI=1S/C15H18O4/c1-7-6-10-12(8(2)14(18)19-10)13(17)15(3)9(7)4-5-11(15)16/h4-5,7,9-10,13,17H,6H2,1-3H3/t7-,9+,10-,13+,15+/m1/s1. The van der Waals surface area contributed by atoms with E-state index in [9.17, 15) is 14.7 Å². The fourth-order valence-electron chi connectivity index (χ4n) is 3.84. The van der Waals surface area contributed by atoms with Gasteiger partial charge < -0.3 is 9.84 Å². The number of allylic oxidation sites excluding steroid dienone is 2. The highest BCUT2D eigenvalue weighted by Gasteiger charge is 2.56. The SMILES string of the molecule is CC1=C2[C@@H](C[C@@H](C)[C@@H]3C=CC(=O)[C@@]3(C)[C@H]2O)OC1=O. The number of aliphatic hydroxyl groups excluding tert-OH is 1. The van der Waals surface area contributed by atoms with Gasteiger partial charge in [-0.1, -0.05) is 13.0 Å². The van der Waals surface area contributed by atoms with Gasteiger partial charge in [0, 0.05) is 11.1 Å². The van der Waals surface area contributed by atoms with Crippen LogP contribution in [0.2, 0.25) is 0 Å². The van der Waals surface area contributed by atoms with E-state index in [1.165, 1.54) is 0 Å². The van der Waals surface area contributed by atoms with E-state index < -0.39 is 11.5 Å². The van der Waals surface area contributed by atoms with Crippen molar-refractivity contribution in [1.29, 1.82) is 0 Å². The zero-order valence-corrected chi connectivity index (χ0v) is 11.3. The molecule has 3 rings (SSSR count). The minimum absolute atomic E-state index is 0.000368. The van der Waals surface area contributed by atoms with Crippen LogP contribution in [-0.4, -0.2) is 29.1 Å². The van der Waals surface area contributed by atoms with Gasteiger partial charge in [-0.2, -0.15) is 0 Å². The molecule has 0 amide bonds. The van der Waals surface area contributed by atoms with Gasteiger partial charge in [0.1, 0.15) is 6.10 Å². The van der Waals surface area contributed by atoms with E-state index in [2.05, 4.69) is 0 Å². The molecule has 4 nitrogen and oxygen atoms in total. The molecule has 1 saturated carbocycles. The van der Waals surface area contributed by atoms with Crippen molar-refractivity contribution >= 4 is 11.8 Å². The number of esters is 1. The van der Waals surface area contributed by atoms with E-state index in [0.717, 1.165) is 0 Å². The minimum Gasteiger partial charge on any atom is -0.454 e. The predicted molar refractivity (Wildman–Crippen MR) is 68.1 cm³/mol. The first-order valence-corrected chi connectivity index (χ1v) is 6.69. The summed E-state index contributed by atoms with van der Waals surface area (Å²) < 4.78 is 5.34. The normalized spacial score (nSPS) is 45.1. The zero-order chi connectivity index (χ0) is 13.9. The Morgan fingerprint density at radius 3 is 2.79 bits per heavy atom. The Balaban J connectivity index is 2.15. The number of hydrogen-bond donors (Lipinski definition) is 1. The lowest BCUT2D eigenvalue weighted by Gasteiger charge is -2.35. The second-order valence-electron chi connectivity index (χ2n) is 6.12. The Morgan fingerprint density at radius 2 is 2.11 bits per heavy atom. The lowest BCUT2D eigenvalue weighted by atomic mass is 9.69. The molecule has 5 atom stereocenters. The number of aliphatic hydroxyl groups is 1. The van der Waals surface area contributed by atoms with Gasteiger partial charge >= 0.3 is 5.97 Å². The van der Waals surface area contributed by atoms with Gasteiger partial charge in [0.25, 0.3) is 0 Å². The molecule has 0 saturated heterocycles. The van der Waals surface area contributed by atoms with E-state index in [1.807, 2.05) is 13.0 Å². The third-order valence-corrected chi connectivity index (χ3v) is 5.08. The zero-order valence-electron chi connectivity index (χ0n) is 11.3. The van der Waals surface area contributed by atoms with Gasteiger partial charge in [-0.3, -0.25) is 4.79 Å². The average molecular weight is 262 g/mol. The number of ketones is 1. The third-order valence-electron chi connectivity index (χ3n) is 5.08. The van der Waals surface area contributed by atoms with E-state index in [-0.39, 0.29) is 29.7 Å². The smallest absolute Gasteiger partial charge is 0.334 e. The molecule has 1 aliphatic heterocycles. The summed E-state index contributed by atoms with van der Waals surface area (Å²) in [4.78, 5) is 23.9. The van der Waals surface area contributed by atoms with Crippen LogP contribution in [0.5, 0.6) is 0 Å². The van der Waals surface area contributed by atoms with Crippen LogP contribution in [0, 0.1) is 17.3 Å². The average Bonchev–Trinajstić information content (AvgIpc) is 2.77. The maximum absolute atomic E-state index is 12.2. The van der Waals surface area contributed by atoms with Crippen LogP contribution in [0.1, 0.15) is 27.2 Å². The monoisotopic (exact) mass is 262 g/mol. The van der Waals surface area contributed by atoms with Gasteiger partial charge in [-0.25, -0.2) is 4.79 Å². The number of fused-ring (bicyclic) bond motifs is 2. The Bertz CT molecular complexity index is 530. The van der Waals surface area contributed by atoms with Gasteiger partial charge in [0.05, 0.1) is 11.5 Å². The van der Waals surface area contributed by atoms with Crippen molar-refractivity contribution in [2.75, 3.05) is 0 Å². The Hall–Kier alpha value is -1.42. The lowest BCUT2D eigenvalue weighted by molar-refractivity contribution is -0.140. The lowest BCUT2D eigenvalue weighted by Crippen LogP contribution is -2.43. The molecule has 0 unspecified atom stereocenters. The minimum atomic E-state index is -0.943. The topological polar surface area (TPSA) is 63.6 Å². The summed E-state index contributed by atoms with van der Waals surface area (Å²) >= 11 is 0. The van der Waals surface area contributed by atoms with Crippen molar-refractivity contribution in [3.63, 3.8) is 0 Å². The molecule has 0 aromatic rings. The molecular formula is C15H18O4.